The number of nitrogens with one attached hydrogen (secondary N) is 2. The molecule has 25 heavy (non-hydrogen) atoms. The highest BCUT2D eigenvalue weighted by Crippen LogP contribution is 2.24. The maximum absolute atomic E-state index is 11.8. The molecule has 1 aliphatic rings. The Balaban J connectivity index is 1.38. The zero-order valence-electron chi connectivity index (χ0n) is 13.8. The van der Waals surface area contributed by atoms with Gasteiger partial charge >= 0.3 is 6.09 Å². The first kappa shape index (κ1) is 16.8. The van der Waals surface area contributed by atoms with Gasteiger partial charge < -0.3 is 21.1 Å². The van der Waals surface area contributed by atoms with Gasteiger partial charge in [0.25, 0.3) is 0 Å². The average Bonchev–Trinajstić information content (AvgIpc) is 2.59. The molecule has 130 valence electrons. The number of carbonyl (C=O) groups excluding carboxylic acids is 2. The number of primary amides is 1. The van der Waals surface area contributed by atoms with E-state index in [9.17, 15) is 9.59 Å². The van der Waals surface area contributed by atoms with Gasteiger partial charge in [0.15, 0.2) is 0 Å². The van der Waals surface area contributed by atoms with Crippen LogP contribution in [0.1, 0.15) is 28.8 Å². The molecule has 2 amide bonds. The van der Waals surface area contributed by atoms with Crippen LogP contribution in [0, 0.1) is 0 Å². The summed E-state index contributed by atoms with van der Waals surface area (Å²) < 4.78 is 5.21. The van der Waals surface area contributed by atoms with Crippen molar-refractivity contribution in [1.29, 1.82) is 0 Å². The van der Waals surface area contributed by atoms with Crippen molar-refractivity contribution in [2.45, 2.75) is 31.5 Å². The van der Waals surface area contributed by atoms with E-state index in [1.54, 1.807) is 18.2 Å². The molecule has 0 atom stereocenters. The lowest BCUT2D eigenvalue weighted by molar-refractivity contribution is 0.1000. The Labute approximate surface area is 146 Å². The number of hydrogen-bond donors (Lipinski definition) is 3. The Hall–Kier alpha value is -3.02. The van der Waals surface area contributed by atoms with Crippen LogP contribution in [0.5, 0.6) is 0 Å². The first-order valence-electron chi connectivity index (χ1n) is 8.24. The Bertz CT molecular complexity index is 743. The van der Waals surface area contributed by atoms with E-state index >= 15 is 0 Å². The lowest BCUT2D eigenvalue weighted by Gasteiger charge is -2.36. The first-order chi connectivity index (χ1) is 12.1. The molecule has 1 saturated carbocycles. The fourth-order valence-corrected chi connectivity index (χ4v) is 2.78. The Morgan fingerprint density at radius 2 is 1.80 bits per heavy atom. The fraction of sp³-hybridized carbons (Fsp3) is 0.263. The molecule has 4 N–H and O–H groups in total. The summed E-state index contributed by atoms with van der Waals surface area (Å²) in [4.78, 5) is 23.0. The summed E-state index contributed by atoms with van der Waals surface area (Å²) in [5.41, 5.74) is 7.57. The van der Waals surface area contributed by atoms with Gasteiger partial charge in [0, 0.05) is 23.3 Å². The van der Waals surface area contributed by atoms with Crippen molar-refractivity contribution in [3.8, 4) is 0 Å². The number of nitrogens with two attached hydrogens (primary N) is 1. The van der Waals surface area contributed by atoms with Gasteiger partial charge in [0.05, 0.1) is 0 Å². The van der Waals surface area contributed by atoms with Crippen molar-refractivity contribution in [2.24, 2.45) is 5.73 Å². The van der Waals surface area contributed by atoms with Gasteiger partial charge in [-0.1, -0.05) is 36.4 Å². The van der Waals surface area contributed by atoms with Crippen molar-refractivity contribution in [3.05, 3.63) is 65.7 Å². The highest BCUT2D eigenvalue weighted by molar-refractivity contribution is 5.93. The molecule has 3 rings (SSSR count). The largest absolute Gasteiger partial charge is 0.445 e. The summed E-state index contributed by atoms with van der Waals surface area (Å²) in [6.07, 6.45) is 1.21. The van der Waals surface area contributed by atoms with E-state index in [-0.39, 0.29) is 18.7 Å². The summed E-state index contributed by atoms with van der Waals surface area (Å²) in [7, 11) is 0. The maximum Gasteiger partial charge on any atom is 0.407 e. The van der Waals surface area contributed by atoms with Crippen LogP contribution in [0.15, 0.2) is 54.6 Å². The van der Waals surface area contributed by atoms with E-state index in [1.807, 2.05) is 36.4 Å². The second-order valence-electron chi connectivity index (χ2n) is 6.16. The van der Waals surface area contributed by atoms with Crippen LogP contribution in [0.2, 0.25) is 0 Å². The monoisotopic (exact) mass is 339 g/mol. The molecule has 0 aliphatic heterocycles. The molecule has 1 fully saturated rings. The zero-order valence-corrected chi connectivity index (χ0v) is 13.8. The third-order valence-electron chi connectivity index (χ3n) is 4.19. The summed E-state index contributed by atoms with van der Waals surface area (Å²) in [5.74, 6) is -0.446. The molecule has 6 nitrogen and oxygen atoms in total. The van der Waals surface area contributed by atoms with E-state index in [2.05, 4.69) is 10.6 Å². The number of benzene rings is 2. The maximum atomic E-state index is 11.8. The first-order valence-corrected chi connectivity index (χ1v) is 8.24. The third-order valence-corrected chi connectivity index (χ3v) is 4.19. The quantitative estimate of drug-likeness (QED) is 0.754. The minimum absolute atomic E-state index is 0.0973. The van der Waals surface area contributed by atoms with Crippen LogP contribution in [-0.4, -0.2) is 24.1 Å². The number of alkyl carbamates (subject to hydrolysis) is 1. The van der Waals surface area contributed by atoms with Crippen LogP contribution < -0.4 is 16.4 Å². The van der Waals surface area contributed by atoms with Crippen LogP contribution in [0.3, 0.4) is 0 Å². The van der Waals surface area contributed by atoms with Gasteiger partial charge in [-0.2, -0.15) is 0 Å². The molecule has 1 aliphatic carbocycles. The summed E-state index contributed by atoms with van der Waals surface area (Å²) in [6, 6.07) is 17.0. The molecule has 0 radical (unpaired) electrons. The predicted octanol–water partition coefficient (Wildman–Crippen LogP) is 2.65. The summed E-state index contributed by atoms with van der Waals surface area (Å²) in [6.45, 7) is 0.265. The standard InChI is InChI=1S/C19H21N3O3/c20-18(23)14-7-4-8-15(9-14)21-16-10-17(11-16)22-19(24)25-12-13-5-2-1-3-6-13/h1-9,16-17,21H,10-12H2,(H2,20,23)(H,22,24). The lowest BCUT2D eigenvalue weighted by Crippen LogP contribution is -2.49. The fourth-order valence-electron chi connectivity index (χ4n) is 2.78. The molecular weight excluding hydrogens is 318 g/mol. The number of ether oxygens (including phenoxy) is 1. The topological polar surface area (TPSA) is 93.5 Å². The van der Waals surface area contributed by atoms with Crippen LogP contribution >= 0.6 is 0 Å². The third kappa shape index (κ3) is 4.73. The molecule has 0 aromatic heterocycles. The van der Waals surface area contributed by atoms with E-state index in [4.69, 9.17) is 10.5 Å². The highest BCUT2D eigenvalue weighted by Gasteiger charge is 2.30. The molecule has 0 saturated heterocycles. The van der Waals surface area contributed by atoms with Crippen molar-refractivity contribution >= 4 is 17.7 Å². The minimum atomic E-state index is -0.446. The SMILES string of the molecule is NC(=O)c1cccc(NC2CC(NC(=O)OCc3ccccc3)C2)c1. The Morgan fingerprint density at radius 3 is 2.52 bits per heavy atom. The van der Waals surface area contributed by atoms with Crippen molar-refractivity contribution in [1.82, 2.24) is 5.32 Å². The number of anilines is 1. The van der Waals surface area contributed by atoms with E-state index in [0.717, 1.165) is 24.1 Å². The molecule has 0 spiro atoms. The molecule has 0 bridgehead atoms. The molecule has 0 unspecified atom stereocenters. The highest BCUT2D eigenvalue weighted by atomic mass is 16.5. The van der Waals surface area contributed by atoms with E-state index in [0.29, 0.717) is 5.56 Å². The number of amides is 2. The Kier molecular flexibility index (Phi) is 5.18. The second-order valence-corrected chi connectivity index (χ2v) is 6.16. The minimum Gasteiger partial charge on any atom is -0.445 e. The van der Waals surface area contributed by atoms with Crippen molar-refractivity contribution < 1.29 is 14.3 Å². The number of rotatable bonds is 6. The van der Waals surface area contributed by atoms with Crippen molar-refractivity contribution in [2.75, 3.05) is 5.32 Å². The molecule has 2 aromatic carbocycles. The predicted molar refractivity (Wildman–Crippen MR) is 95.2 cm³/mol. The molecule has 6 heteroatoms. The van der Waals surface area contributed by atoms with Gasteiger partial charge in [-0.25, -0.2) is 4.79 Å². The lowest BCUT2D eigenvalue weighted by atomic mass is 9.86. The van der Waals surface area contributed by atoms with Crippen LogP contribution in [0.25, 0.3) is 0 Å². The summed E-state index contributed by atoms with van der Waals surface area (Å²) in [5, 5.41) is 6.19. The number of hydrogen-bond acceptors (Lipinski definition) is 4. The second kappa shape index (κ2) is 7.70. The average molecular weight is 339 g/mol. The van der Waals surface area contributed by atoms with E-state index < -0.39 is 12.0 Å². The van der Waals surface area contributed by atoms with Gasteiger partial charge in [0.2, 0.25) is 5.91 Å². The van der Waals surface area contributed by atoms with Gasteiger partial charge in [0.1, 0.15) is 6.61 Å². The summed E-state index contributed by atoms with van der Waals surface area (Å²) >= 11 is 0. The van der Waals surface area contributed by atoms with Gasteiger partial charge in [-0.05, 0) is 36.6 Å². The zero-order chi connectivity index (χ0) is 17.6. The van der Waals surface area contributed by atoms with Crippen LogP contribution in [-0.2, 0) is 11.3 Å². The van der Waals surface area contributed by atoms with Crippen molar-refractivity contribution in [3.63, 3.8) is 0 Å². The smallest absolute Gasteiger partial charge is 0.407 e. The molecular formula is C19H21N3O3. The number of carbonyl (C=O) groups is 2. The molecule has 2 aromatic rings. The normalized spacial score (nSPS) is 18.7. The molecule has 0 heterocycles. The van der Waals surface area contributed by atoms with Crippen LogP contribution in [0.4, 0.5) is 10.5 Å². The van der Waals surface area contributed by atoms with E-state index in [1.165, 1.54) is 0 Å². The van der Waals surface area contributed by atoms with Gasteiger partial charge in [-0.15, -0.1) is 0 Å². The van der Waals surface area contributed by atoms with Gasteiger partial charge in [-0.3, -0.25) is 4.79 Å². The Morgan fingerprint density at radius 1 is 1.04 bits per heavy atom.